The first kappa shape index (κ1) is 19.3. The second-order valence-electron chi connectivity index (χ2n) is 6.97. The number of nitrogens with zero attached hydrogens (tertiary/aromatic N) is 1. The quantitative estimate of drug-likeness (QED) is 0.696. The molecular formula is C19H23N3O4S. The lowest BCUT2D eigenvalue weighted by molar-refractivity contribution is 0.0697. The van der Waals surface area contributed by atoms with Gasteiger partial charge in [0.1, 0.15) is 0 Å². The molecule has 2 unspecified atom stereocenters. The summed E-state index contributed by atoms with van der Waals surface area (Å²) in [7, 11) is -3.96. The number of carbonyl (C=O) groups is 1. The highest BCUT2D eigenvalue weighted by molar-refractivity contribution is 7.89. The van der Waals surface area contributed by atoms with Crippen molar-refractivity contribution >= 4 is 21.7 Å². The van der Waals surface area contributed by atoms with E-state index in [0.717, 1.165) is 25.7 Å². The van der Waals surface area contributed by atoms with E-state index in [1.165, 1.54) is 17.7 Å². The van der Waals surface area contributed by atoms with Crippen LogP contribution in [0.2, 0.25) is 0 Å². The van der Waals surface area contributed by atoms with Gasteiger partial charge >= 0.3 is 5.97 Å². The van der Waals surface area contributed by atoms with Crippen LogP contribution in [0.3, 0.4) is 0 Å². The number of sulfonamides is 1. The predicted octanol–water partition coefficient (Wildman–Crippen LogP) is 1.96. The molecule has 8 heteroatoms. The van der Waals surface area contributed by atoms with Crippen molar-refractivity contribution in [1.82, 2.24) is 4.90 Å². The number of likely N-dealkylation sites (tertiary alicyclic amines) is 1. The number of benzene rings is 2. The van der Waals surface area contributed by atoms with Crippen molar-refractivity contribution in [3.8, 4) is 0 Å². The van der Waals surface area contributed by atoms with Gasteiger partial charge in [-0.25, -0.2) is 18.4 Å². The molecule has 1 heterocycles. The zero-order valence-electron chi connectivity index (χ0n) is 15.0. The molecule has 4 N–H and O–H groups in total. The number of aromatic carboxylic acids is 1. The van der Waals surface area contributed by atoms with E-state index in [9.17, 15) is 18.3 Å². The number of carboxylic acid groups (broad SMARTS) is 1. The van der Waals surface area contributed by atoms with Crippen molar-refractivity contribution in [2.75, 3.05) is 18.4 Å². The number of rotatable bonds is 6. The third-order valence-corrected chi connectivity index (χ3v) is 5.74. The first-order valence-electron chi connectivity index (χ1n) is 8.67. The molecule has 0 spiro atoms. The Morgan fingerprint density at radius 2 is 1.93 bits per heavy atom. The molecule has 0 aromatic heterocycles. The Labute approximate surface area is 158 Å². The molecule has 144 valence electrons. The van der Waals surface area contributed by atoms with Gasteiger partial charge in [-0.15, -0.1) is 0 Å². The molecule has 1 fully saturated rings. The maximum atomic E-state index is 11.6. The first-order valence-corrected chi connectivity index (χ1v) is 10.2. The number of anilines is 1. The van der Waals surface area contributed by atoms with Gasteiger partial charge in [0.25, 0.3) is 0 Å². The summed E-state index contributed by atoms with van der Waals surface area (Å²) in [6, 6.07) is 14.1. The van der Waals surface area contributed by atoms with Crippen LogP contribution < -0.4 is 10.5 Å². The van der Waals surface area contributed by atoms with Crippen LogP contribution in [-0.2, 0) is 16.6 Å². The Bertz CT molecular complexity index is 931. The molecule has 1 aliphatic heterocycles. The summed E-state index contributed by atoms with van der Waals surface area (Å²) in [6.45, 7) is 4.61. The van der Waals surface area contributed by atoms with Gasteiger partial charge in [0.15, 0.2) is 0 Å². The molecule has 1 aliphatic rings. The van der Waals surface area contributed by atoms with Crippen LogP contribution in [0, 0.1) is 5.92 Å². The van der Waals surface area contributed by atoms with Crippen molar-refractivity contribution < 1.29 is 18.3 Å². The van der Waals surface area contributed by atoms with E-state index in [0.29, 0.717) is 11.6 Å². The highest BCUT2D eigenvalue weighted by atomic mass is 32.2. The average molecular weight is 389 g/mol. The molecule has 0 amide bonds. The Hall–Kier alpha value is -2.42. The van der Waals surface area contributed by atoms with E-state index in [-0.39, 0.29) is 16.5 Å². The molecule has 1 saturated heterocycles. The van der Waals surface area contributed by atoms with Crippen molar-refractivity contribution in [3.63, 3.8) is 0 Å². The van der Waals surface area contributed by atoms with E-state index in [4.69, 9.17) is 5.14 Å². The summed E-state index contributed by atoms with van der Waals surface area (Å²) in [4.78, 5) is 13.7. The summed E-state index contributed by atoms with van der Waals surface area (Å²) in [5, 5.41) is 17.8. The highest BCUT2D eigenvalue weighted by Gasteiger charge is 2.30. The minimum absolute atomic E-state index is 0.0622. The number of hydrogen-bond acceptors (Lipinski definition) is 5. The minimum Gasteiger partial charge on any atom is -0.478 e. The number of hydrogen-bond donors (Lipinski definition) is 3. The van der Waals surface area contributed by atoms with Crippen molar-refractivity contribution in [2.24, 2.45) is 11.1 Å². The van der Waals surface area contributed by atoms with Crippen LogP contribution in [-0.4, -0.2) is 43.5 Å². The molecule has 27 heavy (non-hydrogen) atoms. The van der Waals surface area contributed by atoms with Crippen molar-refractivity contribution in [2.45, 2.75) is 24.4 Å². The Morgan fingerprint density at radius 1 is 1.22 bits per heavy atom. The van der Waals surface area contributed by atoms with Crippen LogP contribution in [0.25, 0.3) is 0 Å². The van der Waals surface area contributed by atoms with Crippen LogP contribution in [0.5, 0.6) is 0 Å². The fourth-order valence-corrected chi connectivity index (χ4v) is 3.97. The predicted molar refractivity (Wildman–Crippen MR) is 103 cm³/mol. The second-order valence-corrected chi connectivity index (χ2v) is 8.53. The molecule has 0 saturated carbocycles. The normalized spacial score (nSPS) is 20.5. The smallest absolute Gasteiger partial charge is 0.337 e. The van der Waals surface area contributed by atoms with Crippen LogP contribution in [0.15, 0.2) is 53.4 Å². The standard InChI is InChI=1S/C19H23N3O4S/c1-13-10-22(11-14-5-3-2-4-6-14)12-18(13)21-17-8-7-15(27(20,25)26)9-16(17)19(23)24/h2-9,13,18,21H,10-12H2,1H3,(H,23,24)(H2,20,25,26). The zero-order valence-corrected chi connectivity index (χ0v) is 15.8. The largest absolute Gasteiger partial charge is 0.478 e. The fraction of sp³-hybridized carbons (Fsp3) is 0.316. The van der Waals surface area contributed by atoms with E-state index in [1.54, 1.807) is 0 Å². The first-order chi connectivity index (χ1) is 12.7. The SMILES string of the molecule is CC1CN(Cc2ccccc2)CC1Nc1ccc(S(N)(=O)=O)cc1C(=O)O. The van der Waals surface area contributed by atoms with E-state index >= 15 is 0 Å². The summed E-state index contributed by atoms with van der Waals surface area (Å²) in [5.74, 6) is -0.886. The molecule has 3 rings (SSSR count). The number of nitrogens with two attached hydrogens (primary N) is 1. The lowest BCUT2D eigenvalue weighted by Gasteiger charge is -2.20. The van der Waals surface area contributed by atoms with Crippen molar-refractivity contribution in [3.05, 3.63) is 59.7 Å². The van der Waals surface area contributed by atoms with Gasteiger partial charge in [-0.2, -0.15) is 0 Å². The molecule has 2 atom stereocenters. The maximum Gasteiger partial charge on any atom is 0.337 e. The molecule has 0 radical (unpaired) electrons. The number of nitrogens with one attached hydrogen (secondary N) is 1. The summed E-state index contributed by atoms with van der Waals surface area (Å²) >= 11 is 0. The highest BCUT2D eigenvalue weighted by Crippen LogP contribution is 2.26. The number of carboxylic acids is 1. The third-order valence-electron chi connectivity index (χ3n) is 4.83. The molecule has 7 nitrogen and oxygen atoms in total. The van der Waals surface area contributed by atoms with Gasteiger partial charge in [0, 0.05) is 31.4 Å². The molecule has 2 aromatic rings. The minimum atomic E-state index is -3.96. The van der Waals surface area contributed by atoms with Gasteiger partial charge in [-0.3, -0.25) is 4.90 Å². The maximum absolute atomic E-state index is 11.6. The fourth-order valence-electron chi connectivity index (χ4n) is 3.43. The molecule has 2 aromatic carbocycles. The van der Waals surface area contributed by atoms with Crippen molar-refractivity contribution in [1.29, 1.82) is 0 Å². The Kier molecular flexibility index (Phi) is 5.50. The lowest BCUT2D eigenvalue weighted by atomic mass is 10.1. The van der Waals surface area contributed by atoms with Gasteiger partial charge in [-0.1, -0.05) is 37.3 Å². The molecule has 0 aliphatic carbocycles. The van der Waals surface area contributed by atoms with Gasteiger partial charge in [-0.05, 0) is 29.7 Å². The second kappa shape index (κ2) is 7.67. The van der Waals surface area contributed by atoms with E-state index < -0.39 is 16.0 Å². The van der Waals surface area contributed by atoms with E-state index in [1.807, 2.05) is 18.2 Å². The lowest BCUT2D eigenvalue weighted by Crippen LogP contribution is -2.29. The van der Waals surface area contributed by atoms with Crippen LogP contribution >= 0.6 is 0 Å². The van der Waals surface area contributed by atoms with Gasteiger partial charge in [0.2, 0.25) is 10.0 Å². The summed E-state index contributed by atoms with van der Waals surface area (Å²) < 4.78 is 23.0. The number of primary sulfonamides is 1. The van der Waals surface area contributed by atoms with Crippen LogP contribution in [0.1, 0.15) is 22.8 Å². The topological polar surface area (TPSA) is 113 Å². The van der Waals surface area contributed by atoms with E-state index in [2.05, 4.69) is 29.3 Å². The zero-order chi connectivity index (χ0) is 19.6. The molecule has 0 bridgehead atoms. The van der Waals surface area contributed by atoms with Gasteiger partial charge in [0.05, 0.1) is 10.5 Å². The Balaban J connectivity index is 1.76. The van der Waals surface area contributed by atoms with Gasteiger partial charge < -0.3 is 10.4 Å². The third kappa shape index (κ3) is 4.65. The summed E-state index contributed by atoms with van der Waals surface area (Å²) in [6.07, 6.45) is 0. The molecular weight excluding hydrogens is 366 g/mol. The summed E-state index contributed by atoms with van der Waals surface area (Å²) in [5.41, 5.74) is 1.53. The van der Waals surface area contributed by atoms with Crippen LogP contribution in [0.4, 0.5) is 5.69 Å². The average Bonchev–Trinajstić information content (AvgIpc) is 2.94. The monoisotopic (exact) mass is 389 g/mol. The Morgan fingerprint density at radius 3 is 2.56 bits per heavy atom.